The standard InChI is InChI=1S/C27H44O2/c1-19(2)12-11-13-20(3)14-15-29-18-25(28)22-16-23(26(5,6)7)21(4)24(17-22)27(8,9)10/h12,16-17,20H,11,13-15,18H2,1-10H3/t20-/m1/s1. The predicted molar refractivity (Wildman–Crippen MR) is 126 cm³/mol. The number of rotatable bonds is 9. The highest BCUT2D eigenvalue weighted by molar-refractivity contribution is 5.97. The molecule has 0 N–H and O–H groups in total. The van der Waals surface area contributed by atoms with Crippen molar-refractivity contribution in [2.75, 3.05) is 13.2 Å². The number of ether oxygens (including phenoxy) is 1. The average molecular weight is 401 g/mol. The molecule has 1 aromatic rings. The molecule has 0 saturated heterocycles. The number of allylic oxidation sites excluding steroid dienone is 2. The number of hydrogen-bond donors (Lipinski definition) is 0. The zero-order valence-electron chi connectivity index (χ0n) is 20.7. The molecule has 0 saturated carbocycles. The van der Waals surface area contributed by atoms with Crippen LogP contribution in [0.4, 0.5) is 0 Å². The van der Waals surface area contributed by atoms with Crippen molar-refractivity contribution in [1.29, 1.82) is 0 Å². The summed E-state index contributed by atoms with van der Waals surface area (Å²) in [4.78, 5) is 12.9. The van der Waals surface area contributed by atoms with E-state index >= 15 is 0 Å². The van der Waals surface area contributed by atoms with Crippen LogP contribution in [-0.4, -0.2) is 19.0 Å². The summed E-state index contributed by atoms with van der Waals surface area (Å²) >= 11 is 0. The summed E-state index contributed by atoms with van der Waals surface area (Å²) in [6.07, 6.45) is 5.58. The summed E-state index contributed by atoms with van der Waals surface area (Å²) in [5, 5.41) is 0. The normalized spacial score (nSPS) is 13.3. The number of benzene rings is 1. The fourth-order valence-corrected chi connectivity index (χ4v) is 3.77. The Morgan fingerprint density at radius 2 is 1.52 bits per heavy atom. The molecule has 0 aliphatic rings. The first-order chi connectivity index (χ1) is 13.2. The highest BCUT2D eigenvalue weighted by atomic mass is 16.5. The smallest absolute Gasteiger partial charge is 0.188 e. The Balaban J connectivity index is 2.78. The van der Waals surface area contributed by atoms with Crippen molar-refractivity contribution in [3.8, 4) is 0 Å². The van der Waals surface area contributed by atoms with Crippen LogP contribution in [0.5, 0.6) is 0 Å². The first kappa shape index (κ1) is 25.6. The minimum absolute atomic E-state index is 0.00194. The third-order valence-electron chi connectivity index (χ3n) is 5.55. The second kappa shape index (κ2) is 10.6. The molecule has 2 heteroatoms. The van der Waals surface area contributed by atoms with E-state index < -0.39 is 0 Å². The molecule has 0 aliphatic carbocycles. The lowest BCUT2D eigenvalue weighted by atomic mass is 9.75. The van der Waals surface area contributed by atoms with Gasteiger partial charge < -0.3 is 4.74 Å². The summed E-state index contributed by atoms with van der Waals surface area (Å²) in [5.41, 5.74) is 5.96. The molecule has 29 heavy (non-hydrogen) atoms. The van der Waals surface area contributed by atoms with Gasteiger partial charge in [-0.25, -0.2) is 0 Å². The Bertz CT molecular complexity index is 672. The number of carbonyl (C=O) groups excluding carboxylic acids is 1. The molecule has 0 spiro atoms. The number of ketones is 1. The van der Waals surface area contributed by atoms with E-state index in [1.807, 2.05) is 0 Å². The van der Waals surface area contributed by atoms with Gasteiger partial charge in [-0.1, -0.05) is 60.1 Å². The second-order valence-corrected chi connectivity index (χ2v) is 10.9. The fraction of sp³-hybridized carbons (Fsp3) is 0.667. The Morgan fingerprint density at radius 1 is 1.00 bits per heavy atom. The molecule has 1 aromatic carbocycles. The van der Waals surface area contributed by atoms with E-state index in [9.17, 15) is 4.79 Å². The Labute approximate surface area is 180 Å². The Morgan fingerprint density at radius 3 is 1.97 bits per heavy atom. The van der Waals surface area contributed by atoms with Gasteiger partial charge in [0.1, 0.15) is 6.61 Å². The minimum Gasteiger partial charge on any atom is -0.373 e. The van der Waals surface area contributed by atoms with Crippen LogP contribution in [0.2, 0.25) is 0 Å². The summed E-state index contributed by atoms with van der Waals surface area (Å²) in [6.45, 7) is 22.8. The lowest BCUT2D eigenvalue weighted by molar-refractivity contribution is 0.0734. The third kappa shape index (κ3) is 8.46. The van der Waals surface area contributed by atoms with Gasteiger partial charge in [-0.2, -0.15) is 0 Å². The van der Waals surface area contributed by atoms with Gasteiger partial charge in [-0.15, -0.1) is 0 Å². The average Bonchev–Trinajstić information content (AvgIpc) is 2.56. The van der Waals surface area contributed by atoms with Crippen LogP contribution in [0, 0.1) is 12.8 Å². The Hall–Kier alpha value is -1.41. The summed E-state index contributed by atoms with van der Waals surface area (Å²) < 4.78 is 5.76. The van der Waals surface area contributed by atoms with Gasteiger partial charge in [-0.3, -0.25) is 4.79 Å². The highest BCUT2D eigenvalue weighted by Gasteiger charge is 2.25. The first-order valence-corrected chi connectivity index (χ1v) is 11.1. The first-order valence-electron chi connectivity index (χ1n) is 11.1. The third-order valence-corrected chi connectivity index (χ3v) is 5.55. The number of carbonyl (C=O) groups is 1. The Kier molecular flexibility index (Phi) is 9.34. The molecule has 1 atom stereocenters. The van der Waals surface area contributed by atoms with Crippen molar-refractivity contribution in [3.05, 3.63) is 46.0 Å². The molecule has 0 fully saturated rings. The predicted octanol–water partition coefficient (Wildman–Crippen LogP) is 7.56. The minimum atomic E-state index is 0.00194. The van der Waals surface area contributed by atoms with Gasteiger partial charge in [0.25, 0.3) is 0 Å². The molecule has 0 aromatic heterocycles. The maximum atomic E-state index is 12.9. The largest absolute Gasteiger partial charge is 0.373 e. The van der Waals surface area contributed by atoms with E-state index in [4.69, 9.17) is 4.74 Å². The van der Waals surface area contributed by atoms with Crippen LogP contribution in [0.15, 0.2) is 23.8 Å². The molecule has 0 heterocycles. The van der Waals surface area contributed by atoms with Crippen LogP contribution < -0.4 is 0 Å². The van der Waals surface area contributed by atoms with E-state index in [-0.39, 0.29) is 23.2 Å². The lowest BCUT2D eigenvalue weighted by Gasteiger charge is -2.29. The molecule has 0 radical (unpaired) electrons. The van der Waals surface area contributed by atoms with Gasteiger partial charge in [-0.05, 0) is 85.6 Å². The topological polar surface area (TPSA) is 26.3 Å². The molecule has 0 aliphatic heterocycles. The van der Waals surface area contributed by atoms with Crippen molar-refractivity contribution in [3.63, 3.8) is 0 Å². The van der Waals surface area contributed by atoms with Gasteiger partial charge in [0, 0.05) is 12.2 Å². The van der Waals surface area contributed by atoms with Crippen LogP contribution >= 0.6 is 0 Å². The lowest BCUT2D eigenvalue weighted by Crippen LogP contribution is -2.22. The van der Waals surface area contributed by atoms with Gasteiger partial charge >= 0.3 is 0 Å². The van der Waals surface area contributed by atoms with E-state index in [0.717, 1.165) is 18.4 Å². The molecule has 0 unspecified atom stereocenters. The van der Waals surface area contributed by atoms with Crippen LogP contribution in [-0.2, 0) is 15.6 Å². The molecule has 2 nitrogen and oxygen atoms in total. The monoisotopic (exact) mass is 400 g/mol. The zero-order valence-corrected chi connectivity index (χ0v) is 20.7. The van der Waals surface area contributed by atoms with Crippen LogP contribution in [0.1, 0.15) is 109 Å². The van der Waals surface area contributed by atoms with Crippen molar-refractivity contribution in [2.45, 2.75) is 99.3 Å². The molecule has 164 valence electrons. The van der Waals surface area contributed by atoms with Crippen molar-refractivity contribution in [2.24, 2.45) is 5.92 Å². The number of Topliss-reactive ketones (excluding diaryl/α,β-unsaturated/α-hetero) is 1. The van der Waals surface area contributed by atoms with Gasteiger partial charge in [0.2, 0.25) is 0 Å². The summed E-state index contributed by atoms with van der Waals surface area (Å²) in [6, 6.07) is 4.16. The summed E-state index contributed by atoms with van der Waals surface area (Å²) in [7, 11) is 0. The SMILES string of the molecule is CC(C)=CCC[C@@H](C)CCOCC(=O)c1cc(C(C)(C)C)c(C)c(C(C)(C)C)c1. The molecular formula is C27H44O2. The highest BCUT2D eigenvalue weighted by Crippen LogP contribution is 2.34. The van der Waals surface area contributed by atoms with Crippen molar-refractivity contribution < 1.29 is 9.53 Å². The van der Waals surface area contributed by atoms with E-state index in [0.29, 0.717) is 12.5 Å². The summed E-state index contributed by atoms with van der Waals surface area (Å²) in [5.74, 6) is 0.693. The van der Waals surface area contributed by atoms with Crippen LogP contribution in [0.3, 0.4) is 0 Å². The van der Waals surface area contributed by atoms with E-state index in [1.54, 1.807) is 0 Å². The van der Waals surface area contributed by atoms with Crippen molar-refractivity contribution >= 4 is 5.78 Å². The van der Waals surface area contributed by atoms with Gasteiger partial charge in [0.15, 0.2) is 5.78 Å². The fourth-order valence-electron chi connectivity index (χ4n) is 3.77. The van der Waals surface area contributed by atoms with E-state index in [2.05, 4.69) is 87.4 Å². The number of hydrogen-bond acceptors (Lipinski definition) is 2. The van der Waals surface area contributed by atoms with Crippen molar-refractivity contribution in [1.82, 2.24) is 0 Å². The molecule has 1 rings (SSSR count). The second-order valence-electron chi connectivity index (χ2n) is 10.9. The molecule has 0 amide bonds. The zero-order chi connectivity index (χ0) is 22.4. The maximum absolute atomic E-state index is 12.9. The van der Waals surface area contributed by atoms with Crippen LogP contribution in [0.25, 0.3) is 0 Å². The van der Waals surface area contributed by atoms with E-state index in [1.165, 1.54) is 28.7 Å². The molecular weight excluding hydrogens is 356 g/mol. The molecule has 0 bridgehead atoms. The quantitative estimate of drug-likeness (QED) is 0.243. The van der Waals surface area contributed by atoms with Gasteiger partial charge in [0.05, 0.1) is 0 Å². The maximum Gasteiger partial charge on any atom is 0.188 e.